The first-order chi connectivity index (χ1) is 15.2. The molecule has 164 valence electrons. The maximum atomic E-state index is 12.9. The van der Waals surface area contributed by atoms with Crippen LogP contribution in [0, 0.1) is 0 Å². The number of imidazole rings is 1. The topological polar surface area (TPSA) is 97.1 Å². The fourth-order valence-electron chi connectivity index (χ4n) is 4.52. The van der Waals surface area contributed by atoms with Crippen molar-refractivity contribution in [3.8, 4) is 0 Å². The Morgan fingerprint density at radius 3 is 2.81 bits per heavy atom. The van der Waals surface area contributed by atoms with E-state index in [9.17, 15) is 4.79 Å². The van der Waals surface area contributed by atoms with Crippen molar-refractivity contribution >= 4 is 16.9 Å². The molecule has 3 aromatic rings. The summed E-state index contributed by atoms with van der Waals surface area (Å²) in [5.74, 6) is 3.05. The molecule has 8 nitrogen and oxygen atoms in total. The summed E-state index contributed by atoms with van der Waals surface area (Å²) in [6.07, 6.45) is 5.86. The molecule has 1 N–H and O–H groups in total. The van der Waals surface area contributed by atoms with E-state index >= 15 is 0 Å². The Morgan fingerprint density at radius 1 is 1.26 bits per heavy atom. The fraction of sp³-hybridized carbons (Fsp3) is 0.565. The first kappa shape index (κ1) is 20.2. The van der Waals surface area contributed by atoms with Gasteiger partial charge >= 0.3 is 0 Å². The molecule has 1 aromatic carbocycles. The van der Waals surface area contributed by atoms with Gasteiger partial charge in [-0.2, -0.15) is 4.98 Å². The SMILES string of the molecule is COCCC1(c2noc(C3CC3)n2)CCN(C(=O)CCc2nc3ccccc3[nH]2)CC1. The van der Waals surface area contributed by atoms with Gasteiger partial charge in [0.05, 0.1) is 11.0 Å². The van der Waals surface area contributed by atoms with Crippen LogP contribution in [0.4, 0.5) is 0 Å². The van der Waals surface area contributed by atoms with Gasteiger partial charge < -0.3 is 19.1 Å². The molecule has 3 heterocycles. The molecule has 2 fully saturated rings. The van der Waals surface area contributed by atoms with Gasteiger partial charge in [0.15, 0.2) is 5.82 Å². The fourth-order valence-corrected chi connectivity index (χ4v) is 4.52. The van der Waals surface area contributed by atoms with E-state index in [0.717, 1.165) is 60.7 Å². The van der Waals surface area contributed by atoms with Crippen molar-refractivity contribution in [2.45, 2.75) is 56.3 Å². The van der Waals surface area contributed by atoms with E-state index in [4.69, 9.17) is 14.2 Å². The van der Waals surface area contributed by atoms with E-state index in [0.29, 0.717) is 38.5 Å². The summed E-state index contributed by atoms with van der Waals surface area (Å²) < 4.78 is 10.9. The lowest BCUT2D eigenvalue weighted by Gasteiger charge is -2.39. The van der Waals surface area contributed by atoms with Crippen molar-refractivity contribution in [3.63, 3.8) is 0 Å². The number of piperidine rings is 1. The smallest absolute Gasteiger partial charge is 0.229 e. The van der Waals surface area contributed by atoms with Crippen LogP contribution in [-0.4, -0.2) is 57.7 Å². The van der Waals surface area contributed by atoms with Crippen LogP contribution in [0.15, 0.2) is 28.8 Å². The summed E-state index contributed by atoms with van der Waals surface area (Å²) in [4.78, 5) is 27.5. The summed E-state index contributed by atoms with van der Waals surface area (Å²) in [6, 6.07) is 7.94. The number of carbonyl (C=O) groups is 1. The number of fused-ring (bicyclic) bond motifs is 1. The van der Waals surface area contributed by atoms with Crippen LogP contribution in [0.5, 0.6) is 0 Å². The average Bonchev–Trinajstić information content (AvgIpc) is 3.37. The molecule has 0 atom stereocenters. The third-order valence-electron chi connectivity index (χ3n) is 6.71. The Labute approximate surface area is 181 Å². The number of benzene rings is 1. The molecule has 1 saturated heterocycles. The number of ether oxygens (including phenoxy) is 1. The molecule has 0 spiro atoms. The lowest BCUT2D eigenvalue weighted by Crippen LogP contribution is -2.46. The average molecular weight is 424 g/mol. The van der Waals surface area contributed by atoms with Gasteiger partial charge in [-0.1, -0.05) is 17.3 Å². The first-order valence-corrected chi connectivity index (χ1v) is 11.2. The minimum absolute atomic E-state index is 0.174. The predicted octanol–water partition coefficient (Wildman–Crippen LogP) is 3.35. The van der Waals surface area contributed by atoms with Gasteiger partial charge in [-0.05, 0) is 44.2 Å². The van der Waals surface area contributed by atoms with Crippen LogP contribution in [0.25, 0.3) is 11.0 Å². The van der Waals surface area contributed by atoms with Gasteiger partial charge in [0.1, 0.15) is 5.82 Å². The molecular formula is C23H29N5O3. The third kappa shape index (κ3) is 4.21. The number of H-pyrrole nitrogens is 1. The summed E-state index contributed by atoms with van der Waals surface area (Å²) in [7, 11) is 1.72. The monoisotopic (exact) mass is 423 g/mol. The second-order valence-corrected chi connectivity index (χ2v) is 8.84. The number of carbonyl (C=O) groups excluding carboxylic acids is 1. The van der Waals surface area contributed by atoms with Crippen LogP contribution in [0.1, 0.15) is 62.0 Å². The minimum atomic E-state index is -0.178. The number of aromatic amines is 1. The Bertz CT molecular complexity index is 1010. The summed E-state index contributed by atoms with van der Waals surface area (Å²) in [5, 5.41) is 4.34. The van der Waals surface area contributed by atoms with Crippen LogP contribution in [0.3, 0.4) is 0 Å². The Hall–Kier alpha value is -2.74. The molecular weight excluding hydrogens is 394 g/mol. The largest absolute Gasteiger partial charge is 0.385 e. The number of para-hydroxylation sites is 2. The van der Waals surface area contributed by atoms with Gasteiger partial charge in [-0.15, -0.1) is 0 Å². The zero-order chi connectivity index (χ0) is 21.3. The third-order valence-corrected chi connectivity index (χ3v) is 6.71. The molecule has 1 amide bonds. The molecule has 2 aliphatic rings. The molecule has 0 unspecified atom stereocenters. The predicted molar refractivity (Wildman–Crippen MR) is 115 cm³/mol. The van der Waals surface area contributed by atoms with Crippen molar-refractivity contribution in [1.82, 2.24) is 25.0 Å². The van der Waals surface area contributed by atoms with Crippen molar-refractivity contribution in [1.29, 1.82) is 0 Å². The Kier molecular flexibility index (Phi) is 5.48. The minimum Gasteiger partial charge on any atom is -0.385 e. The lowest BCUT2D eigenvalue weighted by atomic mass is 9.75. The van der Waals surface area contributed by atoms with Gasteiger partial charge in [0.2, 0.25) is 11.8 Å². The van der Waals surface area contributed by atoms with Gasteiger partial charge in [0.25, 0.3) is 0 Å². The van der Waals surface area contributed by atoms with Crippen molar-refractivity contribution in [2.75, 3.05) is 26.8 Å². The highest BCUT2D eigenvalue weighted by molar-refractivity contribution is 5.77. The summed E-state index contributed by atoms with van der Waals surface area (Å²) in [5.41, 5.74) is 1.77. The van der Waals surface area contributed by atoms with Gasteiger partial charge in [-0.3, -0.25) is 4.79 Å². The van der Waals surface area contributed by atoms with Gasteiger partial charge in [-0.25, -0.2) is 4.98 Å². The van der Waals surface area contributed by atoms with Crippen LogP contribution >= 0.6 is 0 Å². The normalized spacial score (nSPS) is 18.5. The number of amides is 1. The van der Waals surface area contributed by atoms with E-state index < -0.39 is 0 Å². The number of hydrogen-bond acceptors (Lipinski definition) is 6. The molecule has 0 radical (unpaired) electrons. The molecule has 5 rings (SSSR count). The zero-order valence-corrected chi connectivity index (χ0v) is 18.0. The van der Waals surface area contributed by atoms with E-state index in [2.05, 4.69) is 15.1 Å². The second-order valence-electron chi connectivity index (χ2n) is 8.84. The number of hydrogen-bond donors (Lipinski definition) is 1. The Morgan fingerprint density at radius 2 is 2.06 bits per heavy atom. The van der Waals surface area contributed by atoms with Crippen LogP contribution in [0.2, 0.25) is 0 Å². The number of nitrogens with zero attached hydrogens (tertiary/aromatic N) is 4. The van der Waals surface area contributed by atoms with Crippen molar-refractivity contribution in [2.24, 2.45) is 0 Å². The van der Waals surface area contributed by atoms with Crippen LogP contribution < -0.4 is 0 Å². The summed E-state index contributed by atoms with van der Waals surface area (Å²) in [6.45, 7) is 2.05. The highest BCUT2D eigenvalue weighted by Gasteiger charge is 2.42. The van der Waals surface area contributed by atoms with Crippen molar-refractivity contribution < 1.29 is 14.1 Å². The number of aryl methyl sites for hydroxylation is 1. The zero-order valence-electron chi connectivity index (χ0n) is 18.0. The number of nitrogens with one attached hydrogen (secondary N) is 1. The standard InChI is InChI=1S/C23H29N5O3/c1-30-15-12-23(22-26-21(31-27-22)16-6-7-16)10-13-28(14-11-23)20(29)9-8-19-24-17-4-2-3-5-18(17)25-19/h2-5,16H,6-15H2,1H3,(H,24,25). The molecule has 1 aliphatic heterocycles. The number of aromatic nitrogens is 4. The maximum absolute atomic E-state index is 12.9. The first-order valence-electron chi connectivity index (χ1n) is 11.2. The molecule has 31 heavy (non-hydrogen) atoms. The van der Waals surface area contributed by atoms with E-state index in [1.807, 2.05) is 29.2 Å². The molecule has 0 bridgehead atoms. The number of methoxy groups -OCH3 is 1. The van der Waals surface area contributed by atoms with Crippen molar-refractivity contribution in [3.05, 3.63) is 41.8 Å². The highest BCUT2D eigenvalue weighted by atomic mass is 16.5. The molecule has 2 aromatic heterocycles. The lowest BCUT2D eigenvalue weighted by molar-refractivity contribution is -0.133. The maximum Gasteiger partial charge on any atom is 0.229 e. The molecule has 8 heteroatoms. The molecule has 1 saturated carbocycles. The Balaban J connectivity index is 1.21. The summed E-state index contributed by atoms with van der Waals surface area (Å²) >= 11 is 0. The number of rotatable bonds is 8. The van der Waals surface area contributed by atoms with E-state index in [-0.39, 0.29) is 11.3 Å². The highest BCUT2D eigenvalue weighted by Crippen LogP contribution is 2.42. The quantitative estimate of drug-likeness (QED) is 0.597. The second kappa shape index (κ2) is 8.42. The number of likely N-dealkylation sites (tertiary alicyclic amines) is 1. The van der Waals surface area contributed by atoms with E-state index in [1.54, 1.807) is 7.11 Å². The van der Waals surface area contributed by atoms with E-state index in [1.165, 1.54) is 0 Å². The van der Waals surface area contributed by atoms with Gasteiger partial charge in [0, 0.05) is 51.0 Å². The van der Waals surface area contributed by atoms with Crippen LogP contribution in [-0.2, 0) is 21.4 Å². The molecule has 1 aliphatic carbocycles.